The first kappa shape index (κ1) is 13.7. The van der Waals surface area contributed by atoms with Gasteiger partial charge in [0.25, 0.3) is 0 Å². The van der Waals surface area contributed by atoms with Crippen molar-refractivity contribution in [3.8, 4) is 0 Å². The van der Waals surface area contributed by atoms with E-state index in [9.17, 15) is 0 Å². The molecule has 1 N–H and O–H groups in total. The third kappa shape index (κ3) is 2.39. The Labute approximate surface area is 136 Å². The number of morpholine rings is 1. The Morgan fingerprint density at radius 1 is 1.13 bits per heavy atom. The molecular weight excluding hydrogens is 288 g/mol. The van der Waals surface area contributed by atoms with E-state index in [1.165, 1.54) is 12.8 Å². The average Bonchev–Trinajstić information content (AvgIpc) is 2.94. The van der Waals surface area contributed by atoms with Gasteiger partial charge in [-0.2, -0.15) is 0 Å². The highest BCUT2D eigenvalue weighted by Gasteiger charge is 2.47. The molecule has 3 aliphatic heterocycles. The van der Waals surface area contributed by atoms with Crippen molar-refractivity contribution in [1.82, 2.24) is 15.3 Å². The number of anilines is 1. The molecule has 3 atom stereocenters. The zero-order valence-electron chi connectivity index (χ0n) is 13.2. The van der Waals surface area contributed by atoms with Gasteiger partial charge in [0.2, 0.25) is 0 Å². The van der Waals surface area contributed by atoms with Crippen LogP contribution >= 0.6 is 0 Å². The molecule has 5 heteroatoms. The third-order valence-electron chi connectivity index (χ3n) is 5.58. The van der Waals surface area contributed by atoms with Gasteiger partial charge in [0.1, 0.15) is 5.82 Å². The van der Waals surface area contributed by atoms with E-state index in [4.69, 9.17) is 9.72 Å². The highest BCUT2D eigenvalue weighted by molar-refractivity contribution is 5.75. The number of ether oxygens (including phenoxy) is 1. The maximum atomic E-state index is 6.30. The van der Waals surface area contributed by atoms with E-state index < -0.39 is 0 Å². The van der Waals surface area contributed by atoms with E-state index in [1.54, 1.807) is 0 Å². The van der Waals surface area contributed by atoms with Crippen LogP contribution in [0.5, 0.6) is 0 Å². The highest BCUT2D eigenvalue weighted by atomic mass is 16.5. The van der Waals surface area contributed by atoms with E-state index in [-0.39, 0.29) is 5.60 Å². The molecule has 1 aromatic heterocycles. The summed E-state index contributed by atoms with van der Waals surface area (Å²) in [7, 11) is 0. The molecule has 0 radical (unpaired) electrons. The standard InChI is InChI=1S/C18H22N4O/c1-2-4-16-15(3-1)19-11-17(21-16)22-7-8-23-18(12-22)9-13-5-6-14(10-18)20-13/h1-4,11,13-14,20H,5-10,12H2/t13-,14+,18?. The molecule has 3 saturated heterocycles. The minimum Gasteiger partial charge on any atom is -0.371 e. The number of benzene rings is 1. The van der Waals surface area contributed by atoms with Gasteiger partial charge in [-0.3, -0.25) is 4.98 Å². The largest absolute Gasteiger partial charge is 0.371 e. The summed E-state index contributed by atoms with van der Waals surface area (Å²) in [5, 5.41) is 3.71. The second-order valence-corrected chi connectivity index (χ2v) is 7.22. The van der Waals surface area contributed by atoms with Crippen molar-refractivity contribution < 1.29 is 4.74 Å². The molecule has 2 aromatic rings. The van der Waals surface area contributed by atoms with E-state index in [0.29, 0.717) is 12.1 Å². The monoisotopic (exact) mass is 310 g/mol. The molecule has 3 aliphatic rings. The van der Waals surface area contributed by atoms with Crippen molar-refractivity contribution in [3.63, 3.8) is 0 Å². The van der Waals surface area contributed by atoms with Crippen molar-refractivity contribution >= 4 is 16.9 Å². The predicted octanol–water partition coefficient (Wildman–Crippen LogP) is 2.12. The van der Waals surface area contributed by atoms with E-state index in [2.05, 4.69) is 15.2 Å². The lowest BCUT2D eigenvalue weighted by Crippen LogP contribution is -2.59. The number of para-hydroxylation sites is 2. The van der Waals surface area contributed by atoms with Crippen LogP contribution in [-0.2, 0) is 4.74 Å². The molecule has 2 bridgehead atoms. The van der Waals surface area contributed by atoms with Gasteiger partial charge in [0, 0.05) is 25.2 Å². The first-order valence-electron chi connectivity index (χ1n) is 8.66. The molecule has 120 valence electrons. The Bertz CT molecular complexity index is 722. The van der Waals surface area contributed by atoms with Crippen molar-refractivity contribution in [2.45, 2.75) is 43.4 Å². The third-order valence-corrected chi connectivity index (χ3v) is 5.58. The number of hydrogen-bond donors (Lipinski definition) is 1. The lowest BCUT2D eigenvalue weighted by molar-refractivity contribution is -0.0845. The quantitative estimate of drug-likeness (QED) is 0.874. The van der Waals surface area contributed by atoms with Gasteiger partial charge in [-0.15, -0.1) is 0 Å². The number of nitrogens with zero attached hydrogens (tertiary/aromatic N) is 3. The molecule has 1 spiro atoms. The summed E-state index contributed by atoms with van der Waals surface area (Å²) in [6, 6.07) is 9.34. The van der Waals surface area contributed by atoms with Gasteiger partial charge in [0.05, 0.1) is 29.4 Å². The van der Waals surface area contributed by atoms with Crippen molar-refractivity contribution in [2.24, 2.45) is 0 Å². The molecule has 0 saturated carbocycles. The summed E-state index contributed by atoms with van der Waals surface area (Å²) in [5.74, 6) is 0.984. The van der Waals surface area contributed by atoms with Crippen LogP contribution < -0.4 is 10.2 Å². The van der Waals surface area contributed by atoms with Gasteiger partial charge in [0.15, 0.2) is 0 Å². The van der Waals surface area contributed by atoms with Gasteiger partial charge >= 0.3 is 0 Å². The maximum Gasteiger partial charge on any atom is 0.148 e. The SMILES string of the molecule is c1ccc2nc(N3CCOC4(C[C@H]5CC[C@@H](C4)N5)C3)cnc2c1. The topological polar surface area (TPSA) is 50.3 Å². The summed E-state index contributed by atoms with van der Waals surface area (Å²) in [4.78, 5) is 11.8. The number of nitrogens with one attached hydrogen (secondary N) is 1. The van der Waals surface area contributed by atoms with Crippen LogP contribution in [0.15, 0.2) is 30.5 Å². The number of rotatable bonds is 1. The van der Waals surface area contributed by atoms with Gasteiger partial charge in [-0.1, -0.05) is 12.1 Å². The van der Waals surface area contributed by atoms with Crippen molar-refractivity contribution in [2.75, 3.05) is 24.6 Å². The molecule has 1 aromatic carbocycles. The minimum absolute atomic E-state index is 0.00264. The van der Waals surface area contributed by atoms with E-state index in [1.807, 2.05) is 30.5 Å². The highest BCUT2D eigenvalue weighted by Crippen LogP contribution is 2.39. The molecular formula is C18H22N4O. The summed E-state index contributed by atoms with van der Waals surface area (Å²) in [6.07, 6.45) is 6.76. The normalized spacial score (nSPS) is 33.5. The van der Waals surface area contributed by atoms with Crippen LogP contribution in [0.3, 0.4) is 0 Å². The molecule has 4 heterocycles. The van der Waals surface area contributed by atoms with E-state index in [0.717, 1.165) is 49.4 Å². The zero-order valence-corrected chi connectivity index (χ0v) is 13.2. The number of aromatic nitrogens is 2. The molecule has 3 fully saturated rings. The first-order chi connectivity index (χ1) is 11.3. The van der Waals surface area contributed by atoms with Crippen molar-refractivity contribution in [3.05, 3.63) is 30.5 Å². The van der Waals surface area contributed by atoms with Gasteiger partial charge in [-0.25, -0.2) is 4.98 Å². The van der Waals surface area contributed by atoms with Crippen LogP contribution in [0.4, 0.5) is 5.82 Å². The fourth-order valence-corrected chi connectivity index (χ4v) is 4.59. The molecule has 0 aliphatic carbocycles. The number of hydrogen-bond acceptors (Lipinski definition) is 5. The summed E-state index contributed by atoms with van der Waals surface area (Å²) < 4.78 is 6.30. The maximum absolute atomic E-state index is 6.30. The number of piperidine rings is 1. The van der Waals surface area contributed by atoms with Crippen LogP contribution in [0.1, 0.15) is 25.7 Å². The Hall–Kier alpha value is -1.72. The Balaban J connectivity index is 1.43. The van der Waals surface area contributed by atoms with Crippen LogP contribution in [0.2, 0.25) is 0 Å². The van der Waals surface area contributed by atoms with Gasteiger partial charge in [-0.05, 0) is 37.8 Å². The summed E-state index contributed by atoms with van der Waals surface area (Å²) in [5.41, 5.74) is 1.93. The summed E-state index contributed by atoms with van der Waals surface area (Å²) >= 11 is 0. The Kier molecular flexibility index (Phi) is 3.06. The van der Waals surface area contributed by atoms with Gasteiger partial charge < -0.3 is 15.0 Å². The second-order valence-electron chi connectivity index (χ2n) is 7.22. The van der Waals surface area contributed by atoms with E-state index >= 15 is 0 Å². The number of fused-ring (bicyclic) bond motifs is 3. The molecule has 0 amide bonds. The first-order valence-corrected chi connectivity index (χ1v) is 8.66. The fourth-order valence-electron chi connectivity index (χ4n) is 4.59. The fraction of sp³-hybridized carbons (Fsp3) is 0.556. The molecule has 5 rings (SSSR count). The lowest BCUT2D eigenvalue weighted by Gasteiger charge is -2.47. The molecule has 1 unspecified atom stereocenters. The molecule has 5 nitrogen and oxygen atoms in total. The minimum atomic E-state index is 0.00264. The van der Waals surface area contributed by atoms with Crippen LogP contribution in [0, 0.1) is 0 Å². The van der Waals surface area contributed by atoms with Crippen LogP contribution in [-0.4, -0.2) is 47.3 Å². The average molecular weight is 310 g/mol. The zero-order chi connectivity index (χ0) is 15.3. The van der Waals surface area contributed by atoms with Crippen molar-refractivity contribution in [1.29, 1.82) is 0 Å². The summed E-state index contributed by atoms with van der Waals surface area (Å²) in [6.45, 7) is 2.63. The molecule has 23 heavy (non-hydrogen) atoms. The Morgan fingerprint density at radius 2 is 1.91 bits per heavy atom. The Morgan fingerprint density at radius 3 is 2.74 bits per heavy atom. The van der Waals surface area contributed by atoms with Crippen LogP contribution in [0.25, 0.3) is 11.0 Å². The smallest absolute Gasteiger partial charge is 0.148 e. The predicted molar refractivity (Wildman–Crippen MR) is 89.6 cm³/mol. The lowest BCUT2D eigenvalue weighted by atomic mass is 9.86. The second kappa shape index (κ2) is 5.14.